The highest BCUT2D eigenvalue weighted by molar-refractivity contribution is 6.37. The highest BCUT2D eigenvalue weighted by atomic mass is 35.5. The third-order valence-corrected chi connectivity index (χ3v) is 3.86. The molecule has 1 aromatic rings. The van der Waals surface area contributed by atoms with E-state index >= 15 is 0 Å². The minimum atomic E-state index is 0.593. The Kier molecular flexibility index (Phi) is 9.90. The van der Waals surface area contributed by atoms with Gasteiger partial charge in [0.1, 0.15) is 0 Å². The Labute approximate surface area is 139 Å². The number of benzene rings is 1. The third kappa shape index (κ3) is 7.39. The van der Waals surface area contributed by atoms with Crippen molar-refractivity contribution in [1.82, 2.24) is 5.32 Å². The van der Waals surface area contributed by atoms with Crippen LogP contribution in [0.25, 0.3) is 0 Å². The molecular weight excluding hydrogens is 305 g/mol. The molecule has 0 radical (unpaired) electrons. The summed E-state index contributed by atoms with van der Waals surface area (Å²) in [6.07, 6.45) is 7.42. The summed E-state index contributed by atoms with van der Waals surface area (Å²) in [6, 6.07) is 3.87. The highest BCUT2D eigenvalue weighted by Gasteiger charge is 2.09. The van der Waals surface area contributed by atoms with Crippen LogP contribution in [0.1, 0.15) is 57.9 Å². The first-order valence-corrected chi connectivity index (χ1v) is 8.76. The normalized spacial score (nSPS) is 10.9. The Bertz CT molecular complexity index is 387. The first kappa shape index (κ1) is 18.6. The van der Waals surface area contributed by atoms with E-state index in [9.17, 15) is 0 Å². The van der Waals surface area contributed by atoms with Gasteiger partial charge in [-0.15, -0.1) is 0 Å². The predicted molar refractivity (Wildman–Crippen MR) is 92.7 cm³/mol. The minimum Gasteiger partial charge on any atom is -0.490 e. The van der Waals surface area contributed by atoms with Crippen molar-refractivity contribution in [3.05, 3.63) is 27.7 Å². The summed E-state index contributed by atoms with van der Waals surface area (Å²) in [4.78, 5) is 0. The molecule has 0 aromatic heterocycles. The molecule has 2 nitrogen and oxygen atoms in total. The first-order chi connectivity index (χ1) is 10.2. The molecule has 0 unspecified atom stereocenters. The lowest BCUT2D eigenvalue weighted by Crippen LogP contribution is -2.14. The molecule has 0 spiro atoms. The molecule has 0 heterocycles. The van der Waals surface area contributed by atoms with E-state index in [2.05, 4.69) is 19.2 Å². The van der Waals surface area contributed by atoms with E-state index in [1.807, 2.05) is 12.1 Å². The topological polar surface area (TPSA) is 21.3 Å². The van der Waals surface area contributed by atoms with Gasteiger partial charge in [0.05, 0.1) is 16.7 Å². The molecule has 0 bridgehead atoms. The summed E-state index contributed by atoms with van der Waals surface area (Å²) in [6.45, 7) is 6.75. The van der Waals surface area contributed by atoms with Crippen LogP contribution in [-0.2, 0) is 6.54 Å². The molecule has 4 heteroatoms. The van der Waals surface area contributed by atoms with Gasteiger partial charge in [-0.05, 0) is 37.1 Å². The summed E-state index contributed by atoms with van der Waals surface area (Å²) < 4.78 is 5.57. The lowest BCUT2D eigenvalue weighted by Gasteiger charge is -2.11. The smallest absolute Gasteiger partial charge is 0.156 e. The van der Waals surface area contributed by atoms with Crippen molar-refractivity contribution in [3.63, 3.8) is 0 Å². The first-order valence-electron chi connectivity index (χ1n) is 8.00. The molecule has 120 valence electrons. The summed E-state index contributed by atoms with van der Waals surface area (Å²) in [5, 5.41) is 4.62. The van der Waals surface area contributed by atoms with Crippen molar-refractivity contribution in [2.45, 2.75) is 58.9 Å². The van der Waals surface area contributed by atoms with Crippen LogP contribution in [0.5, 0.6) is 5.75 Å². The fourth-order valence-corrected chi connectivity index (χ4v) is 2.78. The largest absolute Gasteiger partial charge is 0.490 e. The number of unbranched alkanes of at least 4 members (excludes halogenated alkanes) is 4. The second-order valence-corrected chi connectivity index (χ2v) is 6.14. The second kappa shape index (κ2) is 11.2. The lowest BCUT2D eigenvalue weighted by atomic mass is 10.1. The third-order valence-electron chi connectivity index (χ3n) is 3.29. The molecule has 0 saturated carbocycles. The maximum atomic E-state index is 6.23. The van der Waals surface area contributed by atoms with E-state index in [1.54, 1.807) is 0 Å². The van der Waals surface area contributed by atoms with Crippen LogP contribution in [0.2, 0.25) is 10.0 Å². The molecule has 0 aliphatic carbocycles. The van der Waals surface area contributed by atoms with Crippen molar-refractivity contribution < 1.29 is 4.74 Å². The lowest BCUT2D eigenvalue weighted by molar-refractivity contribution is 0.317. The summed E-state index contributed by atoms with van der Waals surface area (Å²) in [7, 11) is 0. The monoisotopic (exact) mass is 331 g/mol. The Hall–Kier alpha value is -0.440. The molecule has 21 heavy (non-hydrogen) atoms. The van der Waals surface area contributed by atoms with Gasteiger partial charge in [-0.1, -0.05) is 62.7 Å². The van der Waals surface area contributed by atoms with E-state index in [4.69, 9.17) is 27.9 Å². The standard InChI is InChI=1S/C17H27Cl2NO/c1-3-5-6-7-8-9-20-13-14-11-15(18)17(16(19)12-14)21-10-4-2/h11-12,20H,3-10,13H2,1-2H3. The van der Waals surface area contributed by atoms with Gasteiger partial charge in [0.2, 0.25) is 0 Å². The van der Waals surface area contributed by atoms with Crippen molar-refractivity contribution in [1.29, 1.82) is 0 Å². The summed E-state index contributed by atoms with van der Waals surface area (Å²) >= 11 is 12.5. The second-order valence-electron chi connectivity index (χ2n) is 5.33. The predicted octanol–water partition coefficient (Wildman–Crippen LogP) is 5.84. The molecule has 0 fully saturated rings. The Morgan fingerprint density at radius 1 is 0.952 bits per heavy atom. The number of hydrogen-bond donors (Lipinski definition) is 1. The van der Waals surface area contributed by atoms with Crippen LogP contribution < -0.4 is 10.1 Å². The van der Waals surface area contributed by atoms with Gasteiger partial charge in [-0.3, -0.25) is 0 Å². The molecule has 1 aromatic carbocycles. The van der Waals surface area contributed by atoms with Crippen LogP contribution in [0.4, 0.5) is 0 Å². The fraction of sp³-hybridized carbons (Fsp3) is 0.647. The Balaban J connectivity index is 2.35. The zero-order valence-corrected chi connectivity index (χ0v) is 14.7. The van der Waals surface area contributed by atoms with E-state index < -0.39 is 0 Å². The van der Waals surface area contributed by atoms with Crippen LogP contribution >= 0.6 is 23.2 Å². The quantitative estimate of drug-likeness (QED) is 0.514. The van der Waals surface area contributed by atoms with Gasteiger partial charge in [-0.2, -0.15) is 0 Å². The SMILES string of the molecule is CCCCCCCNCc1cc(Cl)c(OCCC)c(Cl)c1. The number of rotatable bonds is 11. The molecule has 0 saturated heterocycles. The van der Waals surface area contributed by atoms with Gasteiger partial charge in [0.25, 0.3) is 0 Å². The van der Waals surface area contributed by atoms with E-state index in [-0.39, 0.29) is 0 Å². The van der Waals surface area contributed by atoms with E-state index in [0.29, 0.717) is 22.4 Å². The number of nitrogens with one attached hydrogen (secondary N) is 1. The van der Waals surface area contributed by atoms with Crippen molar-refractivity contribution in [2.24, 2.45) is 0 Å². The van der Waals surface area contributed by atoms with Crippen LogP contribution in [-0.4, -0.2) is 13.2 Å². The van der Waals surface area contributed by atoms with Crippen molar-refractivity contribution in [2.75, 3.05) is 13.2 Å². The van der Waals surface area contributed by atoms with Crippen LogP contribution in [0.15, 0.2) is 12.1 Å². The minimum absolute atomic E-state index is 0.593. The molecule has 0 aliphatic heterocycles. The molecule has 0 atom stereocenters. The Morgan fingerprint density at radius 2 is 1.62 bits per heavy atom. The van der Waals surface area contributed by atoms with Gasteiger partial charge < -0.3 is 10.1 Å². The van der Waals surface area contributed by atoms with Gasteiger partial charge in [-0.25, -0.2) is 0 Å². The summed E-state index contributed by atoms with van der Waals surface area (Å²) in [5.41, 5.74) is 1.10. The number of halogens is 2. The van der Waals surface area contributed by atoms with E-state index in [1.165, 1.54) is 32.1 Å². The van der Waals surface area contributed by atoms with E-state index in [0.717, 1.165) is 25.1 Å². The maximum Gasteiger partial charge on any atom is 0.156 e. The summed E-state index contributed by atoms with van der Waals surface area (Å²) in [5.74, 6) is 0.600. The van der Waals surface area contributed by atoms with Crippen molar-refractivity contribution in [3.8, 4) is 5.75 Å². The molecule has 0 amide bonds. The zero-order valence-electron chi connectivity index (χ0n) is 13.2. The van der Waals surface area contributed by atoms with Gasteiger partial charge >= 0.3 is 0 Å². The molecule has 1 N–H and O–H groups in total. The molecule has 1 rings (SSSR count). The maximum absolute atomic E-state index is 6.23. The molecular formula is C17H27Cl2NO. The average Bonchev–Trinajstić information content (AvgIpc) is 2.45. The van der Waals surface area contributed by atoms with Crippen molar-refractivity contribution >= 4 is 23.2 Å². The fourth-order valence-electron chi connectivity index (χ4n) is 2.14. The Morgan fingerprint density at radius 3 is 2.24 bits per heavy atom. The molecule has 0 aliphatic rings. The zero-order chi connectivity index (χ0) is 15.5. The van der Waals surface area contributed by atoms with Gasteiger partial charge in [0.15, 0.2) is 5.75 Å². The highest BCUT2D eigenvalue weighted by Crippen LogP contribution is 2.34. The van der Waals surface area contributed by atoms with Crippen LogP contribution in [0, 0.1) is 0 Å². The number of ether oxygens (including phenoxy) is 1. The number of hydrogen-bond acceptors (Lipinski definition) is 2. The average molecular weight is 332 g/mol. The van der Waals surface area contributed by atoms with Crippen LogP contribution in [0.3, 0.4) is 0 Å². The van der Waals surface area contributed by atoms with Gasteiger partial charge in [0, 0.05) is 6.54 Å².